The third-order valence-electron chi connectivity index (χ3n) is 4.55. The number of hydrogen-bond donors (Lipinski definition) is 2. The van der Waals surface area contributed by atoms with Crippen LogP contribution in [0.3, 0.4) is 0 Å². The van der Waals surface area contributed by atoms with Gasteiger partial charge in [-0.05, 0) is 25.0 Å². The van der Waals surface area contributed by atoms with Crippen molar-refractivity contribution in [2.75, 3.05) is 26.2 Å². The molecule has 0 fully saturated rings. The number of rotatable bonds is 10. The molecule has 0 saturated heterocycles. The van der Waals surface area contributed by atoms with Crippen LogP contribution in [-0.4, -0.2) is 26.2 Å². The molecule has 150 valence electrons. The third kappa shape index (κ3) is 7.24. The highest BCUT2D eigenvalue weighted by molar-refractivity contribution is 7.68. The first-order chi connectivity index (χ1) is 13.5. The Bertz CT molecular complexity index is 775. The second-order valence-electron chi connectivity index (χ2n) is 6.51. The van der Waals surface area contributed by atoms with Gasteiger partial charge in [-0.2, -0.15) is 0 Å². The minimum Gasteiger partial charge on any atom is -0.334 e. The molecule has 3 nitrogen and oxygen atoms in total. The first-order valence-electron chi connectivity index (χ1n) is 9.53. The quantitative estimate of drug-likeness (QED) is 0.497. The van der Waals surface area contributed by atoms with E-state index in [1.54, 1.807) is 11.6 Å². The Morgan fingerprint density at radius 2 is 1.32 bits per heavy atom. The van der Waals surface area contributed by atoms with Gasteiger partial charge in [0, 0.05) is 11.6 Å². The molecule has 0 atom stereocenters. The van der Waals surface area contributed by atoms with Gasteiger partial charge < -0.3 is 4.90 Å². The summed E-state index contributed by atoms with van der Waals surface area (Å²) in [5.41, 5.74) is 1.65. The fraction of sp³-hybridized carbons (Fsp3) is 0.273. The van der Waals surface area contributed by atoms with Crippen LogP contribution in [-0.2, 0) is 4.57 Å². The van der Waals surface area contributed by atoms with Gasteiger partial charge in [-0.1, -0.05) is 83.9 Å². The van der Waals surface area contributed by atoms with Crippen LogP contribution in [0.2, 0.25) is 0 Å². The Kier molecular flexibility index (Phi) is 9.50. The number of hydrogen-bond acceptors (Lipinski definition) is 1. The summed E-state index contributed by atoms with van der Waals surface area (Å²) >= 11 is 13.0. The maximum absolute atomic E-state index is 13.7. The summed E-state index contributed by atoms with van der Waals surface area (Å²) in [6, 6.07) is 19.0. The molecule has 0 radical (unpaired) electrons. The zero-order chi connectivity index (χ0) is 20.4. The van der Waals surface area contributed by atoms with Crippen molar-refractivity contribution in [1.29, 1.82) is 0 Å². The minimum atomic E-state index is -3.09. The summed E-state index contributed by atoms with van der Waals surface area (Å²) in [5, 5.41) is 4.10. The van der Waals surface area contributed by atoms with Crippen molar-refractivity contribution in [3.63, 3.8) is 0 Å². The van der Waals surface area contributed by atoms with Crippen LogP contribution in [0.1, 0.15) is 25.0 Å². The van der Waals surface area contributed by atoms with Gasteiger partial charge in [-0.3, -0.25) is 9.65 Å². The molecule has 0 aliphatic carbocycles. The Balaban J connectivity index is 2.30. The summed E-state index contributed by atoms with van der Waals surface area (Å²) in [7, 11) is -3.09. The normalized spacial score (nSPS) is 13.2. The molecule has 28 heavy (non-hydrogen) atoms. The van der Waals surface area contributed by atoms with Gasteiger partial charge in [0.2, 0.25) is 0 Å². The van der Waals surface area contributed by atoms with Crippen molar-refractivity contribution in [3.05, 3.63) is 83.4 Å². The average Bonchev–Trinajstić information content (AvgIpc) is 2.72. The highest BCUT2D eigenvalue weighted by Crippen LogP contribution is 2.50. The molecule has 0 aliphatic rings. The molecule has 0 spiro atoms. The summed E-state index contributed by atoms with van der Waals surface area (Å²) in [4.78, 5) is 1.44. The molecule has 0 heterocycles. The zero-order valence-electron chi connectivity index (χ0n) is 16.4. The number of halogens is 2. The monoisotopic (exact) mass is 437 g/mol. The van der Waals surface area contributed by atoms with E-state index < -0.39 is 7.29 Å². The van der Waals surface area contributed by atoms with Gasteiger partial charge in [0.1, 0.15) is 0 Å². The Morgan fingerprint density at radius 1 is 0.893 bits per heavy atom. The van der Waals surface area contributed by atoms with E-state index in [0.717, 1.165) is 30.8 Å². The molecule has 2 rings (SSSR count). The highest BCUT2D eigenvalue weighted by Gasteiger charge is 2.19. The van der Waals surface area contributed by atoms with Crippen molar-refractivity contribution >= 4 is 40.6 Å². The van der Waals surface area contributed by atoms with Crippen LogP contribution in [0.25, 0.3) is 10.1 Å². The van der Waals surface area contributed by atoms with E-state index in [4.69, 9.17) is 23.2 Å². The molecule has 0 bridgehead atoms. The van der Waals surface area contributed by atoms with Gasteiger partial charge in [0.25, 0.3) is 0 Å². The van der Waals surface area contributed by atoms with Crippen LogP contribution in [0.15, 0.2) is 72.3 Å². The highest BCUT2D eigenvalue weighted by atomic mass is 35.5. The first kappa shape index (κ1) is 22.9. The van der Waals surface area contributed by atoms with Gasteiger partial charge in [0.05, 0.1) is 36.2 Å². The Hall–Kier alpha value is -1.35. The zero-order valence-corrected chi connectivity index (χ0v) is 18.8. The maximum atomic E-state index is 13.7. The average molecular weight is 438 g/mol. The van der Waals surface area contributed by atoms with Crippen molar-refractivity contribution in [1.82, 2.24) is 5.09 Å². The van der Waals surface area contributed by atoms with E-state index in [-0.39, 0.29) is 0 Å². The molecule has 2 aromatic rings. The fourth-order valence-corrected chi connectivity index (χ4v) is 5.63. The fourth-order valence-electron chi connectivity index (χ4n) is 2.82. The van der Waals surface area contributed by atoms with Gasteiger partial charge in [-0.25, -0.2) is 0 Å². The lowest BCUT2D eigenvalue weighted by Crippen LogP contribution is -3.12. The van der Waals surface area contributed by atoms with Crippen molar-refractivity contribution in [2.45, 2.75) is 13.8 Å². The Labute approximate surface area is 178 Å². The van der Waals surface area contributed by atoms with Crippen LogP contribution in [0.4, 0.5) is 0 Å². The van der Waals surface area contributed by atoms with Crippen LogP contribution >= 0.6 is 30.5 Å². The largest absolute Gasteiger partial charge is 0.334 e. The summed E-state index contributed by atoms with van der Waals surface area (Å²) < 4.78 is 13.7. The summed E-state index contributed by atoms with van der Waals surface area (Å²) in [5.74, 6) is 3.21. The number of quaternary nitrogens is 1. The lowest BCUT2D eigenvalue weighted by molar-refractivity contribution is -0.895. The summed E-state index contributed by atoms with van der Waals surface area (Å²) in [6.45, 7) is 7.85. The molecule has 6 heteroatoms. The van der Waals surface area contributed by atoms with E-state index >= 15 is 0 Å². The molecular weight excluding hydrogens is 410 g/mol. The standard InChI is InChI=1S/C22H27Cl2N2OP/c1-3-26(4-2)16-15-25-28(27,17-21(23)19-11-7-5-8-12-19)18-22(24)20-13-9-6-10-14-20/h5-14,17-18H,3-4,15-16H2,1-2H3,(H,25,27)/p+1/b21-17-,22-18-. The number of likely N-dealkylation sites (N-methyl/N-ethyl adjacent to an activating group) is 1. The molecule has 0 aliphatic heterocycles. The molecule has 0 saturated carbocycles. The second kappa shape index (κ2) is 11.6. The number of nitrogens with one attached hydrogen (secondary N) is 2. The van der Waals surface area contributed by atoms with E-state index in [2.05, 4.69) is 18.9 Å². The van der Waals surface area contributed by atoms with Crippen molar-refractivity contribution in [3.8, 4) is 0 Å². The minimum absolute atomic E-state index is 0.445. The van der Waals surface area contributed by atoms with Crippen molar-refractivity contribution in [2.24, 2.45) is 0 Å². The SMILES string of the molecule is CC[NH+](CC)CCNP(=O)(/C=C(\Cl)c1ccccc1)/C=C(\Cl)c1ccccc1. The molecule has 0 aromatic heterocycles. The van der Waals surface area contributed by atoms with Crippen LogP contribution < -0.4 is 9.99 Å². The van der Waals surface area contributed by atoms with Gasteiger partial charge in [0.15, 0.2) is 7.29 Å². The predicted octanol–water partition coefficient (Wildman–Crippen LogP) is 5.25. The summed E-state index contributed by atoms with van der Waals surface area (Å²) in [6.07, 6.45) is 0. The molecular formula is C22H28Cl2N2OP+. The third-order valence-corrected chi connectivity index (χ3v) is 7.51. The lowest BCUT2D eigenvalue weighted by Gasteiger charge is -2.18. The van der Waals surface area contributed by atoms with E-state index in [9.17, 15) is 4.57 Å². The molecule has 2 N–H and O–H groups in total. The Morgan fingerprint density at radius 3 is 1.71 bits per heavy atom. The lowest BCUT2D eigenvalue weighted by atomic mass is 10.2. The van der Waals surface area contributed by atoms with Gasteiger partial charge >= 0.3 is 0 Å². The van der Waals surface area contributed by atoms with E-state index in [1.807, 2.05) is 60.7 Å². The molecule has 0 amide bonds. The predicted molar refractivity (Wildman–Crippen MR) is 123 cm³/mol. The topological polar surface area (TPSA) is 33.5 Å². The van der Waals surface area contributed by atoms with E-state index in [1.165, 1.54) is 4.90 Å². The van der Waals surface area contributed by atoms with Crippen LogP contribution in [0.5, 0.6) is 0 Å². The molecule has 2 aromatic carbocycles. The van der Waals surface area contributed by atoms with E-state index in [0.29, 0.717) is 16.6 Å². The van der Waals surface area contributed by atoms with Crippen LogP contribution in [0, 0.1) is 0 Å². The smallest absolute Gasteiger partial charge is 0.193 e. The number of benzene rings is 2. The maximum Gasteiger partial charge on any atom is 0.193 e. The second-order valence-corrected chi connectivity index (χ2v) is 9.58. The molecule has 0 unspecified atom stereocenters. The van der Waals surface area contributed by atoms with Gasteiger partial charge in [-0.15, -0.1) is 0 Å². The first-order valence-corrected chi connectivity index (χ1v) is 12.1. The van der Waals surface area contributed by atoms with Crippen molar-refractivity contribution < 1.29 is 9.46 Å².